The van der Waals surface area contributed by atoms with E-state index in [9.17, 15) is 19.7 Å². The fraction of sp³-hybridized carbons (Fsp3) is 0.160. The molecule has 0 saturated heterocycles. The van der Waals surface area contributed by atoms with Gasteiger partial charge in [0.25, 0.3) is 11.6 Å². The molecule has 0 aromatic heterocycles. The Morgan fingerprint density at radius 2 is 1.60 bits per heavy atom. The standard InChI is InChI=1S/C25H23N3O7/c1-3-33-22-12-10-18(15-23(22)34-4-2)25(30)35-21-13-11-20(28(31)32)14-19(21)16-26-27-24(29)17-8-6-5-7-9-17/h5-16H,3-4H2,1-2H3,(H,27,29)/b26-16+. The highest BCUT2D eigenvalue weighted by Gasteiger charge is 2.17. The third-order valence-electron chi connectivity index (χ3n) is 4.59. The van der Waals surface area contributed by atoms with E-state index in [4.69, 9.17) is 14.2 Å². The van der Waals surface area contributed by atoms with Crippen molar-refractivity contribution in [2.45, 2.75) is 13.8 Å². The largest absolute Gasteiger partial charge is 0.490 e. The van der Waals surface area contributed by atoms with Crippen molar-refractivity contribution in [1.29, 1.82) is 0 Å². The molecule has 0 aliphatic carbocycles. The minimum absolute atomic E-state index is 0.0187. The number of carbonyl (C=O) groups is 2. The number of nitro benzene ring substituents is 1. The van der Waals surface area contributed by atoms with Gasteiger partial charge in [-0.25, -0.2) is 10.2 Å². The molecule has 0 saturated carbocycles. The van der Waals surface area contributed by atoms with Crippen LogP contribution in [0, 0.1) is 10.1 Å². The van der Waals surface area contributed by atoms with Crippen LogP contribution < -0.4 is 19.6 Å². The smallest absolute Gasteiger partial charge is 0.343 e. The SMILES string of the molecule is CCOc1ccc(C(=O)Oc2ccc([N+](=O)[O-])cc2/C=N/NC(=O)c2ccccc2)cc1OCC. The topological polar surface area (TPSA) is 129 Å². The molecule has 1 amide bonds. The highest BCUT2D eigenvalue weighted by molar-refractivity contribution is 5.96. The molecule has 0 atom stereocenters. The molecule has 0 fully saturated rings. The Labute approximate surface area is 201 Å². The van der Waals surface area contributed by atoms with Gasteiger partial charge in [-0.15, -0.1) is 0 Å². The minimum atomic E-state index is -0.717. The summed E-state index contributed by atoms with van der Waals surface area (Å²) in [4.78, 5) is 35.6. The fourth-order valence-corrected chi connectivity index (χ4v) is 2.99. The normalized spacial score (nSPS) is 10.6. The molecule has 0 spiro atoms. The van der Waals surface area contributed by atoms with Gasteiger partial charge in [-0.1, -0.05) is 18.2 Å². The number of nitrogens with one attached hydrogen (secondary N) is 1. The van der Waals surface area contributed by atoms with Crippen molar-refractivity contribution in [3.8, 4) is 17.2 Å². The molecule has 3 aromatic carbocycles. The minimum Gasteiger partial charge on any atom is -0.490 e. The lowest BCUT2D eigenvalue weighted by atomic mass is 10.1. The number of carbonyl (C=O) groups excluding carboxylic acids is 2. The Hall–Kier alpha value is -4.73. The van der Waals surface area contributed by atoms with Crippen LogP contribution in [0.1, 0.15) is 40.1 Å². The second-order valence-electron chi connectivity index (χ2n) is 6.96. The van der Waals surface area contributed by atoms with Gasteiger partial charge in [0.2, 0.25) is 0 Å². The van der Waals surface area contributed by atoms with E-state index in [0.717, 1.165) is 0 Å². The number of hydrogen-bond donors (Lipinski definition) is 1. The molecule has 1 N–H and O–H groups in total. The van der Waals surface area contributed by atoms with E-state index < -0.39 is 16.8 Å². The Bertz CT molecular complexity index is 1240. The second-order valence-corrected chi connectivity index (χ2v) is 6.96. The summed E-state index contributed by atoms with van der Waals surface area (Å²) in [5.74, 6) is -0.291. The zero-order valence-electron chi connectivity index (χ0n) is 19.1. The number of ether oxygens (including phenoxy) is 3. The first-order valence-corrected chi connectivity index (χ1v) is 10.7. The summed E-state index contributed by atoms with van der Waals surface area (Å²) < 4.78 is 16.5. The third kappa shape index (κ3) is 6.64. The van der Waals surface area contributed by atoms with Crippen LogP contribution in [0.3, 0.4) is 0 Å². The van der Waals surface area contributed by atoms with Crippen molar-refractivity contribution >= 4 is 23.8 Å². The van der Waals surface area contributed by atoms with Crippen molar-refractivity contribution in [3.05, 3.63) is 93.5 Å². The number of rotatable bonds is 10. The quantitative estimate of drug-likeness (QED) is 0.151. The fourth-order valence-electron chi connectivity index (χ4n) is 2.99. The summed E-state index contributed by atoms with van der Waals surface area (Å²) in [5, 5.41) is 15.1. The van der Waals surface area contributed by atoms with E-state index >= 15 is 0 Å². The van der Waals surface area contributed by atoms with Crippen molar-refractivity contribution < 1.29 is 28.7 Å². The number of hydrogen-bond acceptors (Lipinski definition) is 8. The van der Waals surface area contributed by atoms with Gasteiger partial charge in [-0.05, 0) is 50.2 Å². The molecule has 0 bridgehead atoms. The van der Waals surface area contributed by atoms with Crippen LogP contribution in [0.5, 0.6) is 17.2 Å². The maximum Gasteiger partial charge on any atom is 0.343 e. The van der Waals surface area contributed by atoms with E-state index in [-0.39, 0.29) is 22.6 Å². The molecular formula is C25H23N3O7. The number of nitrogens with zero attached hydrogens (tertiary/aromatic N) is 2. The van der Waals surface area contributed by atoms with Crippen LogP contribution in [0.15, 0.2) is 71.8 Å². The van der Waals surface area contributed by atoms with Gasteiger partial charge < -0.3 is 14.2 Å². The predicted octanol–water partition coefficient (Wildman–Crippen LogP) is 4.38. The average Bonchev–Trinajstić information content (AvgIpc) is 2.86. The summed E-state index contributed by atoms with van der Waals surface area (Å²) >= 11 is 0. The highest BCUT2D eigenvalue weighted by Crippen LogP contribution is 2.30. The van der Waals surface area contributed by atoms with Crippen LogP contribution in [0.25, 0.3) is 0 Å². The van der Waals surface area contributed by atoms with Gasteiger partial charge in [-0.3, -0.25) is 14.9 Å². The van der Waals surface area contributed by atoms with Gasteiger partial charge in [0, 0.05) is 23.3 Å². The number of nitro groups is 1. The van der Waals surface area contributed by atoms with Crippen LogP contribution >= 0.6 is 0 Å². The molecule has 35 heavy (non-hydrogen) atoms. The van der Waals surface area contributed by atoms with Gasteiger partial charge in [-0.2, -0.15) is 5.10 Å². The summed E-state index contributed by atoms with van der Waals surface area (Å²) in [6.45, 7) is 4.43. The van der Waals surface area contributed by atoms with Crippen molar-refractivity contribution in [2.75, 3.05) is 13.2 Å². The molecule has 180 valence electrons. The highest BCUT2D eigenvalue weighted by atomic mass is 16.6. The van der Waals surface area contributed by atoms with E-state index in [0.29, 0.717) is 30.3 Å². The lowest BCUT2D eigenvalue weighted by molar-refractivity contribution is -0.384. The summed E-state index contributed by atoms with van der Waals surface area (Å²) in [6, 6.07) is 16.7. The van der Waals surface area contributed by atoms with Crippen molar-refractivity contribution in [2.24, 2.45) is 5.10 Å². The first-order valence-electron chi connectivity index (χ1n) is 10.7. The molecule has 0 unspecified atom stereocenters. The maximum atomic E-state index is 12.8. The van der Waals surface area contributed by atoms with Crippen LogP contribution in [-0.2, 0) is 0 Å². The van der Waals surface area contributed by atoms with E-state index in [2.05, 4.69) is 10.5 Å². The number of non-ortho nitro benzene ring substituents is 1. The first kappa shape index (κ1) is 24.9. The van der Waals surface area contributed by atoms with E-state index in [1.807, 2.05) is 6.92 Å². The maximum absolute atomic E-state index is 12.8. The zero-order valence-corrected chi connectivity index (χ0v) is 19.1. The Balaban J connectivity index is 1.83. The second kappa shape index (κ2) is 11.9. The molecule has 0 radical (unpaired) electrons. The first-order chi connectivity index (χ1) is 16.9. The van der Waals surface area contributed by atoms with Gasteiger partial charge >= 0.3 is 5.97 Å². The molecule has 10 heteroatoms. The number of amides is 1. The lowest BCUT2D eigenvalue weighted by Gasteiger charge is -2.12. The number of benzene rings is 3. The van der Waals surface area contributed by atoms with Crippen molar-refractivity contribution in [1.82, 2.24) is 5.43 Å². The van der Waals surface area contributed by atoms with E-state index in [1.54, 1.807) is 43.3 Å². The molecule has 0 aliphatic heterocycles. The number of esters is 1. The molecule has 0 heterocycles. The Morgan fingerprint density at radius 3 is 2.29 bits per heavy atom. The number of hydrazone groups is 1. The monoisotopic (exact) mass is 477 g/mol. The van der Waals surface area contributed by atoms with E-state index in [1.165, 1.54) is 36.5 Å². The molecular weight excluding hydrogens is 454 g/mol. The van der Waals surface area contributed by atoms with Crippen LogP contribution in [0.2, 0.25) is 0 Å². The van der Waals surface area contributed by atoms with Crippen LogP contribution in [0.4, 0.5) is 5.69 Å². The summed E-state index contributed by atoms with van der Waals surface area (Å²) in [5.41, 5.74) is 2.80. The Kier molecular flexibility index (Phi) is 8.49. The summed E-state index contributed by atoms with van der Waals surface area (Å²) in [7, 11) is 0. The van der Waals surface area contributed by atoms with Gasteiger partial charge in [0.15, 0.2) is 11.5 Å². The average molecular weight is 477 g/mol. The van der Waals surface area contributed by atoms with Crippen molar-refractivity contribution in [3.63, 3.8) is 0 Å². The predicted molar refractivity (Wildman–Crippen MR) is 128 cm³/mol. The van der Waals surface area contributed by atoms with Gasteiger partial charge in [0.1, 0.15) is 5.75 Å². The molecule has 3 rings (SSSR count). The Morgan fingerprint density at radius 1 is 0.914 bits per heavy atom. The third-order valence-corrected chi connectivity index (χ3v) is 4.59. The lowest BCUT2D eigenvalue weighted by Crippen LogP contribution is -2.17. The summed E-state index contributed by atoms with van der Waals surface area (Å²) in [6.07, 6.45) is 1.17. The molecule has 3 aromatic rings. The molecule has 10 nitrogen and oxygen atoms in total. The van der Waals surface area contributed by atoms with Gasteiger partial charge in [0.05, 0.1) is 29.9 Å². The zero-order chi connectivity index (χ0) is 25.2. The molecule has 0 aliphatic rings. The van der Waals surface area contributed by atoms with Crippen LogP contribution in [-0.4, -0.2) is 36.2 Å².